The number of hydrogen-bond donors (Lipinski definition) is 1. The maximum absolute atomic E-state index is 12.4. The minimum Gasteiger partial charge on any atom is -0.493 e. The van der Waals surface area contributed by atoms with Crippen molar-refractivity contribution in [3.63, 3.8) is 0 Å². The Hall–Kier alpha value is -3.15. The Labute approximate surface area is 152 Å². The molecule has 136 valence electrons. The van der Waals surface area contributed by atoms with E-state index in [4.69, 9.17) is 9.47 Å². The highest BCUT2D eigenvalue weighted by Crippen LogP contribution is 2.29. The molecule has 0 aliphatic heterocycles. The predicted molar refractivity (Wildman–Crippen MR) is 98.2 cm³/mol. The summed E-state index contributed by atoms with van der Waals surface area (Å²) in [6.07, 6.45) is -0.841. The number of anilines is 1. The molecule has 6 heteroatoms. The standard InChI is InChI=1S/C20H21NO5/c1-12(22)15-9-10-18(19(11-15)25-4)26-14(3)20(24)21-17-8-6-5-7-16(17)13(2)23/h5-11,14H,1-4H3,(H,21,24)/t14-/m1/s1. The van der Waals surface area contributed by atoms with Crippen LogP contribution in [0.3, 0.4) is 0 Å². The van der Waals surface area contributed by atoms with E-state index >= 15 is 0 Å². The predicted octanol–water partition coefficient (Wildman–Crippen LogP) is 3.51. The minimum absolute atomic E-state index is 0.0959. The van der Waals surface area contributed by atoms with Gasteiger partial charge < -0.3 is 14.8 Å². The van der Waals surface area contributed by atoms with E-state index in [-0.39, 0.29) is 11.6 Å². The molecule has 0 bridgehead atoms. The largest absolute Gasteiger partial charge is 0.493 e. The Morgan fingerprint density at radius 3 is 2.27 bits per heavy atom. The highest BCUT2D eigenvalue weighted by Gasteiger charge is 2.19. The molecule has 2 aromatic rings. The van der Waals surface area contributed by atoms with Crippen molar-refractivity contribution in [3.05, 3.63) is 53.6 Å². The molecule has 1 amide bonds. The van der Waals surface area contributed by atoms with Crippen molar-refractivity contribution in [2.45, 2.75) is 26.9 Å². The third-order valence-electron chi connectivity index (χ3n) is 3.81. The number of Topliss-reactive ketones (excluding diaryl/α,β-unsaturated/α-hetero) is 2. The van der Waals surface area contributed by atoms with Crippen molar-refractivity contribution >= 4 is 23.2 Å². The van der Waals surface area contributed by atoms with Gasteiger partial charge in [0.25, 0.3) is 5.91 Å². The number of rotatable bonds is 7. The van der Waals surface area contributed by atoms with Gasteiger partial charge in [0.05, 0.1) is 12.8 Å². The third kappa shape index (κ3) is 4.47. The molecular formula is C20H21NO5. The van der Waals surface area contributed by atoms with Gasteiger partial charge in [-0.3, -0.25) is 14.4 Å². The monoisotopic (exact) mass is 355 g/mol. The smallest absolute Gasteiger partial charge is 0.265 e. The lowest BCUT2D eigenvalue weighted by molar-refractivity contribution is -0.122. The van der Waals surface area contributed by atoms with Gasteiger partial charge in [-0.05, 0) is 51.1 Å². The van der Waals surface area contributed by atoms with Crippen LogP contribution in [0.2, 0.25) is 0 Å². The van der Waals surface area contributed by atoms with Gasteiger partial charge in [-0.1, -0.05) is 12.1 Å². The van der Waals surface area contributed by atoms with Crippen molar-refractivity contribution in [1.29, 1.82) is 0 Å². The number of carbonyl (C=O) groups is 3. The second-order valence-electron chi connectivity index (χ2n) is 5.77. The van der Waals surface area contributed by atoms with Gasteiger partial charge in [-0.2, -0.15) is 0 Å². The summed E-state index contributed by atoms with van der Waals surface area (Å²) in [5.74, 6) is 0.0651. The normalized spacial score (nSPS) is 11.4. The number of amides is 1. The molecule has 0 saturated heterocycles. The molecule has 1 atom stereocenters. The first kappa shape index (κ1) is 19.2. The number of methoxy groups -OCH3 is 1. The average Bonchev–Trinajstić information content (AvgIpc) is 2.61. The summed E-state index contributed by atoms with van der Waals surface area (Å²) in [4.78, 5) is 35.5. The van der Waals surface area contributed by atoms with Crippen LogP contribution in [0.4, 0.5) is 5.69 Å². The van der Waals surface area contributed by atoms with Crippen molar-refractivity contribution < 1.29 is 23.9 Å². The van der Waals surface area contributed by atoms with E-state index in [9.17, 15) is 14.4 Å². The van der Waals surface area contributed by atoms with E-state index in [0.717, 1.165) is 0 Å². The zero-order valence-electron chi connectivity index (χ0n) is 15.2. The molecule has 0 unspecified atom stereocenters. The van der Waals surface area contributed by atoms with Crippen molar-refractivity contribution in [3.8, 4) is 11.5 Å². The molecule has 0 radical (unpaired) electrons. The maximum Gasteiger partial charge on any atom is 0.265 e. The van der Waals surface area contributed by atoms with Gasteiger partial charge in [0.2, 0.25) is 0 Å². The van der Waals surface area contributed by atoms with Crippen LogP contribution < -0.4 is 14.8 Å². The lowest BCUT2D eigenvalue weighted by Gasteiger charge is -2.18. The molecule has 2 rings (SSSR count). The van der Waals surface area contributed by atoms with Crippen LogP contribution >= 0.6 is 0 Å². The van der Waals surface area contributed by atoms with Crippen LogP contribution in [-0.2, 0) is 4.79 Å². The Bertz CT molecular complexity index is 844. The summed E-state index contributed by atoms with van der Waals surface area (Å²) in [5.41, 5.74) is 1.34. The molecule has 0 spiro atoms. The summed E-state index contributed by atoms with van der Waals surface area (Å²) in [7, 11) is 1.46. The first-order valence-corrected chi connectivity index (χ1v) is 8.10. The summed E-state index contributed by atoms with van der Waals surface area (Å²) < 4.78 is 10.9. The summed E-state index contributed by atoms with van der Waals surface area (Å²) in [6.45, 7) is 4.48. The number of carbonyl (C=O) groups excluding carboxylic acids is 3. The fourth-order valence-electron chi connectivity index (χ4n) is 2.36. The highest BCUT2D eigenvalue weighted by molar-refractivity contribution is 6.04. The molecule has 26 heavy (non-hydrogen) atoms. The number of ether oxygens (including phenoxy) is 2. The van der Waals surface area contributed by atoms with Crippen LogP contribution in [0.1, 0.15) is 41.5 Å². The SMILES string of the molecule is COc1cc(C(C)=O)ccc1O[C@H](C)C(=O)Nc1ccccc1C(C)=O. The van der Waals surface area contributed by atoms with E-state index in [0.29, 0.717) is 28.3 Å². The Balaban J connectivity index is 2.15. The second-order valence-corrected chi connectivity index (χ2v) is 5.77. The molecule has 2 aromatic carbocycles. The second kappa shape index (κ2) is 8.29. The van der Waals surface area contributed by atoms with Crippen LogP contribution in [0.25, 0.3) is 0 Å². The maximum atomic E-state index is 12.4. The van der Waals surface area contributed by atoms with E-state index in [1.807, 2.05) is 0 Å². The van der Waals surface area contributed by atoms with Gasteiger partial charge in [-0.25, -0.2) is 0 Å². The zero-order valence-corrected chi connectivity index (χ0v) is 15.2. The summed E-state index contributed by atoms with van der Waals surface area (Å²) in [6, 6.07) is 11.5. The molecule has 0 saturated carbocycles. The van der Waals surface area contributed by atoms with Gasteiger partial charge in [0.15, 0.2) is 29.2 Å². The summed E-state index contributed by atoms with van der Waals surface area (Å²) in [5, 5.41) is 2.70. The van der Waals surface area contributed by atoms with Crippen LogP contribution in [-0.4, -0.2) is 30.7 Å². The van der Waals surface area contributed by atoms with Gasteiger partial charge in [0, 0.05) is 11.1 Å². The quantitative estimate of drug-likeness (QED) is 0.769. The van der Waals surface area contributed by atoms with E-state index in [1.54, 1.807) is 49.4 Å². The van der Waals surface area contributed by atoms with E-state index in [2.05, 4.69) is 5.32 Å². The average molecular weight is 355 g/mol. The Kier molecular flexibility index (Phi) is 6.11. The molecular weight excluding hydrogens is 334 g/mol. The summed E-state index contributed by atoms with van der Waals surface area (Å²) >= 11 is 0. The molecule has 0 fully saturated rings. The molecule has 0 aromatic heterocycles. The zero-order chi connectivity index (χ0) is 19.3. The van der Waals surface area contributed by atoms with Crippen molar-refractivity contribution in [2.24, 2.45) is 0 Å². The fraction of sp³-hybridized carbons (Fsp3) is 0.250. The molecule has 0 aliphatic carbocycles. The van der Waals surface area contributed by atoms with Crippen LogP contribution in [0.15, 0.2) is 42.5 Å². The van der Waals surface area contributed by atoms with Crippen LogP contribution in [0.5, 0.6) is 11.5 Å². The molecule has 6 nitrogen and oxygen atoms in total. The van der Waals surface area contributed by atoms with Gasteiger partial charge >= 0.3 is 0 Å². The lowest BCUT2D eigenvalue weighted by atomic mass is 10.1. The molecule has 1 N–H and O–H groups in total. The van der Waals surface area contributed by atoms with Crippen LogP contribution in [0, 0.1) is 0 Å². The topological polar surface area (TPSA) is 81.7 Å². The first-order chi connectivity index (χ1) is 12.3. The molecule has 0 heterocycles. The third-order valence-corrected chi connectivity index (χ3v) is 3.81. The van der Waals surface area contributed by atoms with Crippen molar-refractivity contribution in [2.75, 3.05) is 12.4 Å². The Morgan fingerprint density at radius 1 is 0.962 bits per heavy atom. The number of benzene rings is 2. The van der Waals surface area contributed by atoms with E-state index in [1.165, 1.54) is 21.0 Å². The van der Waals surface area contributed by atoms with E-state index < -0.39 is 12.0 Å². The minimum atomic E-state index is -0.841. The number of ketones is 2. The number of para-hydroxylation sites is 1. The lowest BCUT2D eigenvalue weighted by Crippen LogP contribution is -2.30. The number of hydrogen-bond acceptors (Lipinski definition) is 5. The Morgan fingerprint density at radius 2 is 1.65 bits per heavy atom. The number of nitrogens with one attached hydrogen (secondary N) is 1. The van der Waals surface area contributed by atoms with Gasteiger partial charge in [0.1, 0.15) is 0 Å². The highest BCUT2D eigenvalue weighted by atomic mass is 16.5. The van der Waals surface area contributed by atoms with Gasteiger partial charge in [-0.15, -0.1) is 0 Å². The van der Waals surface area contributed by atoms with Crippen molar-refractivity contribution in [1.82, 2.24) is 0 Å². The molecule has 0 aliphatic rings. The fourth-order valence-corrected chi connectivity index (χ4v) is 2.36. The first-order valence-electron chi connectivity index (χ1n) is 8.10.